The molecule has 0 atom stereocenters. The molecule has 1 heterocycles. The van der Waals surface area contributed by atoms with E-state index in [1.165, 1.54) is 18.2 Å². The molecule has 0 unspecified atom stereocenters. The number of hydrogen-bond donors (Lipinski definition) is 0. The predicted octanol–water partition coefficient (Wildman–Crippen LogP) is 2.02. The van der Waals surface area contributed by atoms with Gasteiger partial charge in [-0.25, -0.2) is 4.98 Å². The summed E-state index contributed by atoms with van der Waals surface area (Å²) in [5.41, 5.74) is 0.626. The fourth-order valence-corrected chi connectivity index (χ4v) is 1.91. The van der Waals surface area contributed by atoms with Crippen molar-refractivity contribution < 1.29 is 9.72 Å². The molecule has 2 rings (SSSR count). The van der Waals surface area contributed by atoms with E-state index in [0.29, 0.717) is 21.5 Å². The number of hydrogen-bond acceptors (Lipinski definition) is 5. The van der Waals surface area contributed by atoms with Gasteiger partial charge in [0.05, 0.1) is 15.1 Å². The first-order valence-corrected chi connectivity index (χ1v) is 4.52. The average molecular weight is 208 g/mol. The van der Waals surface area contributed by atoms with Gasteiger partial charge in [0.1, 0.15) is 0 Å². The molecule has 0 saturated carbocycles. The van der Waals surface area contributed by atoms with E-state index in [2.05, 4.69) is 4.98 Å². The summed E-state index contributed by atoms with van der Waals surface area (Å²) in [6.07, 6.45) is 0.635. The van der Waals surface area contributed by atoms with Crippen molar-refractivity contribution in [2.45, 2.75) is 0 Å². The quantitative estimate of drug-likeness (QED) is 0.430. The summed E-state index contributed by atoms with van der Waals surface area (Å²) in [5, 5.41) is 10.8. The second-order valence-electron chi connectivity index (χ2n) is 2.58. The molecular weight excluding hydrogens is 204 g/mol. The van der Waals surface area contributed by atoms with Gasteiger partial charge in [-0.15, -0.1) is 11.3 Å². The number of nitro benzene ring substituents is 1. The molecule has 2 aromatic rings. The van der Waals surface area contributed by atoms with Crippen LogP contribution < -0.4 is 0 Å². The van der Waals surface area contributed by atoms with E-state index in [1.807, 2.05) is 0 Å². The maximum atomic E-state index is 10.4. The number of fused-ring (bicyclic) bond motifs is 1. The molecule has 0 aliphatic rings. The van der Waals surface area contributed by atoms with Crippen LogP contribution in [0.25, 0.3) is 10.2 Å². The molecule has 0 saturated heterocycles. The van der Waals surface area contributed by atoms with Gasteiger partial charge in [0.25, 0.3) is 5.69 Å². The molecule has 6 heteroatoms. The van der Waals surface area contributed by atoms with Crippen LogP contribution in [0.2, 0.25) is 0 Å². The van der Waals surface area contributed by atoms with Crippen LogP contribution in [-0.4, -0.2) is 16.2 Å². The van der Waals surface area contributed by atoms with Crippen LogP contribution in [-0.2, 0) is 0 Å². The predicted molar refractivity (Wildman–Crippen MR) is 51.7 cm³/mol. The van der Waals surface area contributed by atoms with Crippen molar-refractivity contribution in [2.24, 2.45) is 0 Å². The van der Waals surface area contributed by atoms with E-state index in [9.17, 15) is 14.9 Å². The maximum Gasteiger partial charge on any atom is 0.270 e. The number of aromatic nitrogens is 1. The van der Waals surface area contributed by atoms with Gasteiger partial charge in [-0.05, 0) is 6.07 Å². The lowest BCUT2D eigenvalue weighted by Gasteiger charge is -1.88. The van der Waals surface area contributed by atoms with Crippen LogP contribution in [0.4, 0.5) is 5.69 Å². The average Bonchev–Trinajstić information content (AvgIpc) is 2.58. The molecule has 0 bridgehead atoms. The minimum atomic E-state index is -0.472. The van der Waals surface area contributed by atoms with Crippen LogP contribution in [0, 0.1) is 10.1 Å². The number of rotatable bonds is 2. The highest BCUT2D eigenvalue weighted by Gasteiger charge is 2.09. The number of non-ortho nitro benzene ring substituents is 1. The Balaban J connectivity index is 2.65. The smallest absolute Gasteiger partial charge is 0.270 e. The van der Waals surface area contributed by atoms with Gasteiger partial charge in [-0.2, -0.15) is 0 Å². The summed E-state index contributed by atoms with van der Waals surface area (Å²) in [5.74, 6) is 0. The first-order valence-electron chi connectivity index (χ1n) is 3.71. The zero-order valence-corrected chi connectivity index (χ0v) is 7.65. The Morgan fingerprint density at radius 2 is 2.29 bits per heavy atom. The van der Waals surface area contributed by atoms with Crippen LogP contribution in [0.1, 0.15) is 9.80 Å². The fraction of sp³-hybridized carbons (Fsp3) is 0. The molecule has 0 aliphatic heterocycles. The number of aldehydes is 1. The van der Waals surface area contributed by atoms with Crippen molar-refractivity contribution in [3.05, 3.63) is 33.3 Å². The first kappa shape index (κ1) is 8.76. The Morgan fingerprint density at radius 3 is 2.93 bits per heavy atom. The van der Waals surface area contributed by atoms with E-state index in [4.69, 9.17) is 0 Å². The molecular formula is C8H4N2O3S. The van der Waals surface area contributed by atoms with E-state index >= 15 is 0 Å². The molecule has 0 amide bonds. The van der Waals surface area contributed by atoms with Gasteiger partial charge < -0.3 is 0 Å². The summed E-state index contributed by atoms with van der Waals surface area (Å²) in [6, 6.07) is 4.33. The van der Waals surface area contributed by atoms with Crippen molar-refractivity contribution >= 4 is 33.5 Å². The molecule has 0 spiro atoms. The third-order valence-corrected chi connectivity index (χ3v) is 2.64. The van der Waals surface area contributed by atoms with Crippen LogP contribution in [0.3, 0.4) is 0 Å². The number of nitrogens with zero attached hydrogens (tertiary/aromatic N) is 2. The third-order valence-electron chi connectivity index (χ3n) is 1.70. The number of benzene rings is 1. The van der Waals surface area contributed by atoms with Gasteiger partial charge in [-0.1, -0.05) is 0 Å². The Hall–Kier alpha value is -1.82. The maximum absolute atomic E-state index is 10.4. The Morgan fingerprint density at radius 1 is 1.50 bits per heavy atom. The lowest BCUT2D eigenvalue weighted by Crippen LogP contribution is -1.85. The fourth-order valence-electron chi connectivity index (χ4n) is 1.10. The van der Waals surface area contributed by atoms with Crippen LogP contribution in [0.15, 0.2) is 18.2 Å². The summed E-state index contributed by atoms with van der Waals surface area (Å²) in [4.78, 5) is 24.3. The van der Waals surface area contributed by atoms with Crippen LogP contribution >= 0.6 is 11.3 Å². The van der Waals surface area contributed by atoms with Crippen molar-refractivity contribution in [3.63, 3.8) is 0 Å². The second-order valence-corrected chi connectivity index (χ2v) is 3.64. The lowest BCUT2D eigenvalue weighted by molar-refractivity contribution is -0.384. The molecule has 5 nitrogen and oxygen atoms in total. The summed E-state index contributed by atoms with van der Waals surface area (Å²) in [7, 11) is 0. The number of carbonyl (C=O) groups is 1. The largest absolute Gasteiger partial charge is 0.295 e. The highest BCUT2D eigenvalue weighted by Crippen LogP contribution is 2.25. The van der Waals surface area contributed by atoms with Crippen molar-refractivity contribution in [1.29, 1.82) is 0 Å². The molecule has 1 aromatic carbocycles. The molecule has 0 N–H and O–H groups in total. The van der Waals surface area contributed by atoms with Crippen molar-refractivity contribution in [1.82, 2.24) is 4.98 Å². The lowest BCUT2D eigenvalue weighted by atomic mass is 10.3. The first-order chi connectivity index (χ1) is 6.70. The van der Waals surface area contributed by atoms with Crippen molar-refractivity contribution in [3.8, 4) is 0 Å². The SMILES string of the molecule is O=Cc1nc2ccc([N+](=O)[O-])cc2s1. The summed E-state index contributed by atoms with van der Waals surface area (Å²) < 4.78 is 0.654. The van der Waals surface area contributed by atoms with Gasteiger partial charge in [-0.3, -0.25) is 14.9 Å². The zero-order chi connectivity index (χ0) is 10.1. The topological polar surface area (TPSA) is 73.1 Å². The number of nitro groups is 1. The van der Waals surface area contributed by atoms with E-state index in [-0.39, 0.29) is 5.69 Å². The Bertz CT molecular complexity index is 520. The zero-order valence-electron chi connectivity index (χ0n) is 6.84. The van der Waals surface area contributed by atoms with Gasteiger partial charge >= 0.3 is 0 Å². The van der Waals surface area contributed by atoms with E-state index in [0.717, 1.165) is 11.3 Å². The molecule has 1 aromatic heterocycles. The monoisotopic (exact) mass is 208 g/mol. The van der Waals surface area contributed by atoms with Crippen molar-refractivity contribution in [2.75, 3.05) is 0 Å². The number of thiazole rings is 1. The second kappa shape index (κ2) is 3.15. The standard InChI is InChI=1S/C8H4N2O3S/c11-4-8-9-6-2-1-5(10(12)13)3-7(6)14-8/h1-4H. The molecule has 70 valence electrons. The minimum Gasteiger partial charge on any atom is -0.295 e. The summed E-state index contributed by atoms with van der Waals surface area (Å²) >= 11 is 1.15. The Labute approximate surface area is 82.2 Å². The molecule has 0 radical (unpaired) electrons. The van der Waals surface area contributed by atoms with Crippen LogP contribution in [0.5, 0.6) is 0 Å². The highest BCUT2D eigenvalue weighted by atomic mass is 32.1. The molecule has 0 aliphatic carbocycles. The molecule has 14 heavy (non-hydrogen) atoms. The highest BCUT2D eigenvalue weighted by molar-refractivity contribution is 7.20. The minimum absolute atomic E-state index is 0.0126. The van der Waals surface area contributed by atoms with Gasteiger partial charge in [0.2, 0.25) is 0 Å². The third kappa shape index (κ3) is 1.35. The number of carbonyl (C=O) groups excluding carboxylic acids is 1. The summed E-state index contributed by atoms with van der Waals surface area (Å²) in [6.45, 7) is 0. The van der Waals surface area contributed by atoms with E-state index in [1.54, 1.807) is 0 Å². The van der Waals surface area contributed by atoms with Gasteiger partial charge in [0.15, 0.2) is 11.3 Å². The van der Waals surface area contributed by atoms with E-state index < -0.39 is 4.92 Å². The normalized spacial score (nSPS) is 10.3. The molecule has 0 fully saturated rings. The van der Waals surface area contributed by atoms with Gasteiger partial charge in [0, 0.05) is 12.1 Å². The Kier molecular flexibility index (Phi) is 1.97.